The first-order chi connectivity index (χ1) is 7.68. The number of benzene rings is 1. The average molecular weight is 259 g/mol. The van der Waals surface area contributed by atoms with Crippen molar-refractivity contribution >= 4 is 10.0 Å². The lowest BCUT2D eigenvalue weighted by molar-refractivity contribution is 0.521. The predicted molar refractivity (Wildman–Crippen MR) is 59.6 cm³/mol. The fourth-order valence-electron chi connectivity index (χ4n) is 1.11. The number of hydrogen-bond donors (Lipinski definition) is 1. The molecule has 0 spiro atoms. The van der Waals surface area contributed by atoms with E-state index in [-0.39, 0.29) is 0 Å². The van der Waals surface area contributed by atoms with E-state index in [1.165, 1.54) is 13.8 Å². The molecular formula is C11H11F2NO2S. The number of hydrogen-bond acceptors (Lipinski definition) is 2. The fourth-order valence-corrected chi connectivity index (χ4v) is 2.52. The van der Waals surface area contributed by atoms with Gasteiger partial charge in [0, 0.05) is 6.07 Å². The molecule has 3 nitrogen and oxygen atoms in total. The first-order valence-electron chi connectivity index (χ1n) is 4.65. The molecule has 0 aliphatic rings. The van der Waals surface area contributed by atoms with Gasteiger partial charge in [-0.2, -0.15) is 4.72 Å². The monoisotopic (exact) mass is 259 g/mol. The highest BCUT2D eigenvalue weighted by Gasteiger charge is 2.26. The number of rotatable bonds is 3. The van der Waals surface area contributed by atoms with Crippen molar-refractivity contribution in [3.8, 4) is 12.3 Å². The van der Waals surface area contributed by atoms with Gasteiger partial charge in [-0.25, -0.2) is 17.2 Å². The zero-order valence-electron chi connectivity index (χ0n) is 9.29. The van der Waals surface area contributed by atoms with Crippen molar-refractivity contribution in [2.45, 2.75) is 24.3 Å². The van der Waals surface area contributed by atoms with Crippen LogP contribution in [0.3, 0.4) is 0 Å². The maximum absolute atomic E-state index is 13.3. The summed E-state index contributed by atoms with van der Waals surface area (Å²) in [5.41, 5.74) is -1.15. The molecule has 0 unspecified atom stereocenters. The molecule has 0 bridgehead atoms. The molecule has 0 aromatic heterocycles. The Morgan fingerprint density at radius 3 is 2.41 bits per heavy atom. The molecule has 0 saturated carbocycles. The fraction of sp³-hybridized carbons (Fsp3) is 0.273. The van der Waals surface area contributed by atoms with Crippen molar-refractivity contribution in [1.82, 2.24) is 4.72 Å². The summed E-state index contributed by atoms with van der Waals surface area (Å²) in [4.78, 5) is -0.637. The number of halogens is 2. The Morgan fingerprint density at radius 1 is 1.35 bits per heavy atom. The second-order valence-electron chi connectivity index (χ2n) is 3.95. The van der Waals surface area contributed by atoms with E-state index in [0.29, 0.717) is 6.07 Å². The normalized spacial score (nSPS) is 12.2. The van der Waals surface area contributed by atoms with Crippen LogP contribution in [0, 0.1) is 24.0 Å². The summed E-state index contributed by atoms with van der Waals surface area (Å²) in [6.45, 7) is 2.90. The molecule has 17 heavy (non-hydrogen) atoms. The Balaban J connectivity index is 3.20. The molecule has 6 heteroatoms. The smallest absolute Gasteiger partial charge is 0.207 e. The summed E-state index contributed by atoms with van der Waals surface area (Å²) in [5, 5.41) is 0. The molecule has 92 valence electrons. The van der Waals surface area contributed by atoms with E-state index in [4.69, 9.17) is 6.42 Å². The molecule has 0 saturated heterocycles. The number of sulfonamides is 1. The Morgan fingerprint density at radius 2 is 1.94 bits per heavy atom. The van der Waals surface area contributed by atoms with Gasteiger partial charge in [0.15, 0.2) is 0 Å². The van der Waals surface area contributed by atoms with Crippen LogP contribution in [0.4, 0.5) is 8.78 Å². The molecule has 0 aliphatic heterocycles. The maximum Gasteiger partial charge on any atom is 0.244 e. The van der Waals surface area contributed by atoms with Gasteiger partial charge in [0.2, 0.25) is 10.0 Å². The summed E-state index contributed by atoms with van der Waals surface area (Å²) >= 11 is 0. The van der Waals surface area contributed by atoms with Crippen LogP contribution in [0.2, 0.25) is 0 Å². The lowest BCUT2D eigenvalue weighted by atomic mass is 10.1. The molecule has 0 aliphatic carbocycles. The van der Waals surface area contributed by atoms with Crippen LogP contribution in [-0.2, 0) is 10.0 Å². The Kier molecular flexibility index (Phi) is 3.55. The molecule has 1 rings (SSSR count). The summed E-state index contributed by atoms with van der Waals surface area (Å²) in [6.07, 6.45) is 5.12. The number of terminal acetylenes is 1. The second-order valence-corrected chi connectivity index (χ2v) is 5.60. The number of nitrogens with one attached hydrogen (secondary N) is 1. The second kappa shape index (κ2) is 4.43. The minimum Gasteiger partial charge on any atom is -0.207 e. The van der Waals surface area contributed by atoms with Gasteiger partial charge in [-0.15, -0.1) is 6.42 Å². The molecule has 1 N–H and O–H groups in total. The third kappa shape index (κ3) is 3.25. The maximum atomic E-state index is 13.3. The third-order valence-corrected chi connectivity index (χ3v) is 3.62. The zero-order chi connectivity index (χ0) is 13.3. The lowest BCUT2D eigenvalue weighted by Crippen LogP contribution is -2.42. The third-order valence-electron chi connectivity index (χ3n) is 1.93. The predicted octanol–water partition coefficient (Wildman–Crippen LogP) is 1.65. The highest BCUT2D eigenvalue weighted by molar-refractivity contribution is 7.89. The summed E-state index contributed by atoms with van der Waals surface area (Å²) in [6, 6.07) is 2.21. The first kappa shape index (κ1) is 13.6. The molecule has 0 fully saturated rings. The molecule has 0 amide bonds. The Hall–Kier alpha value is -1.45. The standard InChI is InChI=1S/C11H11F2NO2S/c1-4-11(2,3)14-17(15,16)10-6-5-8(12)7-9(10)13/h1,5-7,14H,2-3H3. The van der Waals surface area contributed by atoms with Gasteiger partial charge in [-0.05, 0) is 26.0 Å². The highest BCUT2D eigenvalue weighted by atomic mass is 32.2. The zero-order valence-corrected chi connectivity index (χ0v) is 10.1. The highest BCUT2D eigenvalue weighted by Crippen LogP contribution is 2.17. The topological polar surface area (TPSA) is 46.2 Å². The van der Waals surface area contributed by atoms with E-state index in [9.17, 15) is 17.2 Å². The van der Waals surface area contributed by atoms with Gasteiger partial charge >= 0.3 is 0 Å². The van der Waals surface area contributed by atoms with E-state index < -0.39 is 32.1 Å². The van der Waals surface area contributed by atoms with E-state index >= 15 is 0 Å². The van der Waals surface area contributed by atoms with E-state index in [1.807, 2.05) is 0 Å². The van der Waals surface area contributed by atoms with Crippen molar-refractivity contribution in [3.05, 3.63) is 29.8 Å². The van der Waals surface area contributed by atoms with Gasteiger partial charge in [-0.1, -0.05) is 5.92 Å². The van der Waals surface area contributed by atoms with Gasteiger partial charge < -0.3 is 0 Å². The molecule has 0 heterocycles. The van der Waals surface area contributed by atoms with E-state index in [2.05, 4.69) is 10.6 Å². The van der Waals surface area contributed by atoms with Crippen molar-refractivity contribution in [1.29, 1.82) is 0 Å². The first-order valence-corrected chi connectivity index (χ1v) is 6.13. The van der Waals surface area contributed by atoms with E-state index in [0.717, 1.165) is 12.1 Å². The lowest BCUT2D eigenvalue weighted by Gasteiger charge is -2.19. The van der Waals surface area contributed by atoms with Gasteiger partial charge in [-0.3, -0.25) is 0 Å². The SMILES string of the molecule is C#CC(C)(C)NS(=O)(=O)c1ccc(F)cc1F. The van der Waals surface area contributed by atoms with Crippen molar-refractivity contribution in [2.24, 2.45) is 0 Å². The van der Waals surface area contributed by atoms with Crippen LogP contribution in [-0.4, -0.2) is 14.0 Å². The van der Waals surface area contributed by atoms with Crippen LogP contribution < -0.4 is 4.72 Å². The summed E-state index contributed by atoms with van der Waals surface area (Å²) in [5.74, 6) is 0.200. The minimum absolute atomic E-state index is 0.497. The van der Waals surface area contributed by atoms with E-state index in [1.54, 1.807) is 0 Å². The van der Waals surface area contributed by atoms with Crippen LogP contribution in [0.1, 0.15) is 13.8 Å². The van der Waals surface area contributed by atoms with Crippen molar-refractivity contribution in [3.63, 3.8) is 0 Å². The molecule has 0 radical (unpaired) electrons. The summed E-state index contributed by atoms with van der Waals surface area (Å²) in [7, 11) is -4.11. The quantitative estimate of drug-likeness (QED) is 0.839. The Bertz CT molecular complexity index is 574. The minimum atomic E-state index is -4.11. The van der Waals surface area contributed by atoms with Crippen LogP contribution in [0.15, 0.2) is 23.1 Å². The average Bonchev–Trinajstić information content (AvgIpc) is 2.15. The van der Waals surface area contributed by atoms with Gasteiger partial charge in [0.25, 0.3) is 0 Å². The van der Waals surface area contributed by atoms with Crippen LogP contribution >= 0.6 is 0 Å². The summed E-state index contributed by atoms with van der Waals surface area (Å²) < 4.78 is 51.6. The van der Waals surface area contributed by atoms with Gasteiger partial charge in [0.1, 0.15) is 16.5 Å². The Labute approximate surface area is 98.9 Å². The molecular weight excluding hydrogens is 248 g/mol. The van der Waals surface area contributed by atoms with Crippen LogP contribution in [0.25, 0.3) is 0 Å². The molecule has 1 aromatic rings. The molecule has 0 atom stereocenters. The van der Waals surface area contributed by atoms with Crippen LogP contribution in [0.5, 0.6) is 0 Å². The molecule has 1 aromatic carbocycles. The largest absolute Gasteiger partial charge is 0.244 e. The van der Waals surface area contributed by atoms with Gasteiger partial charge in [0.05, 0.1) is 5.54 Å². The van der Waals surface area contributed by atoms with Crippen molar-refractivity contribution < 1.29 is 17.2 Å². The van der Waals surface area contributed by atoms with Crippen molar-refractivity contribution in [2.75, 3.05) is 0 Å².